The van der Waals surface area contributed by atoms with E-state index in [0.29, 0.717) is 5.95 Å². The Bertz CT molecular complexity index is 555. The Hall–Kier alpha value is -1.33. The van der Waals surface area contributed by atoms with Gasteiger partial charge in [0.15, 0.2) is 0 Å². The second kappa shape index (κ2) is 6.21. The van der Waals surface area contributed by atoms with Crippen LogP contribution in [0, 0.1) is 6.92 Å². The molecule has 0 aliphatic rings. The van der Waals surface area contributed by atoms with Crippen LogP contribution in [-0.4, -0.2) is 16.5 Å². The second-order valence-electron chi connectivity index (χ2n) is 4.26. The predicted molar refractivity (Wildman–Crippen MR) is 82.3 cm³/mol. The quantitative estimate of drug-likeness (QED) is 0.872. The van der Waals surface area contributed by atoms with Gasteiger partial charge in [-0.1, -0.05) is 11.6 Å². The highest BCUT2D eigenvalue weighted by atomic mass is 35.5. The van der Waals surface area contributed by atoms with Crippen LogP contribution in [0.4, 0.5) is 11.8 Å². The molecule has 2 aromatic rings. The van der Waals surface area contributed by atoms with Crippen molar-refractivity contribution in [1.82, 2.24) is 9.97 Å². The molecule has 0 spiro atoms. The number of nitrogens with zero attached hydrogens (tertiary/aromatic N) is 2. The van der Waals surface area contributed by atoms with E-state index >= 15 is 0 Å². The first-order chi connectivity index (χ1) is 9.10. The molecule has 2 aromatic heterocycles. The van der Waals surface area contributed by atoms with E-state index < -0.39 is 0 Å². The van der Waals surface area contributed by atoms with Gasteiger partial charge in [0.25, 0.3) is 0 Å². The number of halogens is 1. The standard InChI is InChI=1S/C13H17ClN4S/c1-4-15-13-16-7-8(2)12(18-13)17-9(3)10-5-6-11(14)19-10/h5-7,9H,4H2,1-3H3,(H2,15,16,17,18). The van der Waals surface area contributed by atoms with Gasteiger partial charge in [-0.2, -0.15) is 4.98 Å². The highest BCUT2D eigenvalue weighted by Gasteiger charge is 2.11. The molecule has 0 saturated heterocycles. The van der Waals surface area contributed by atoms with Crippen LogP contribution in [0.1, 0.15) is 30.3 Å². The minimum absolute atomic E-state index is 0.167. The zero-order valence-corrected chi connectivity index (χ0v) is 12.8. The molecule has 2 heterocycles. The van der Waals surface area contributed by atoms with Gasteiger partial charge in [0.05, 0.1) is 10.4 Å². The monoisotopic (exact) mass is 296 g/mol. The fraction of sp³-hybridized carbons (Fsp3) is 0.385. The fourth-order valence-corrected chi connectivity index (χ4v) is 2.73. The van der Waals surface area contributed by atoms with Crippen molar-refractivity contribution in [1.29, 1.82) is 0 Å². The fourth-order valence-electron chi connectivity index (χ4n) is 1.67. The van der Waals surface area contributed by atoms with Crippen molar-refractivity contribution in [2.24, 2.45) is 0 Å². The Morgan fingerprint density at radius 1 is 1.42 bits per heavy atom. The molecule has 4 nitrogen and oxygen atoms in total. The molecule has 6 heteroatoms. The van der Waals surface area contributed by atoms with Crippen molar-refractivity contribution >= 4 is 34.7 Å². The van der Waals surface area contributed by atoms with Crippen LogP contribution in [0.3, 0.4) is 0 Å². The summed E-state index contributed by atoms with van der Waals surface area (Å²) < 4.78 is 0.802. The Morgan fingerprint density at radius 3 is 2.84 bits per heavy atom. The molecule has 0 radical (unpaired) electrons. The normalized spacial score (nSPS) is 12.2. The van der Waals surface area contributed by atoms with E-state index in [-0.39, 0.29) is 6.04 Å². The molecule has 0 amide bonds. The van der Waals surface area contributed by atoms with E-state index in [1.54, 1.807) is 11.3 Å². The molecule has 0 bridgehead atoms. The number of hydrogen-bond acceptors (Lipinski definition) is 5. The SMILES string of the molecule is CCNc1ncc(C)c(NC(C)c2ccc(Cl)s2)n1. The van der Waals surface area contributed by atoms with Gasteiger partial charge in [-0.3, -0.25) is 0 Å². The Balaban J connectivity index is 2.15. The summed E-state index contributed by atoms with van der Waals surface area (Å²) in [5.41, 5.74) is 1.02. The summed E-state index contributed by atoms with van der Waals surface area (Å²) >= 11 is 7.54. The number of aromatic nitrogens is 2. The summed E-state index contributed by atoms with van der Waals surface area (Å²) in [5.74, 6) is 1.50. The molecule has 2 N–H and O–H groups in total. The summed E-state index contributed by atoms with van der Waals surface area (Å²) in [6.45, 7) is 6.91. The molecule has 0 aromatic carbocycles. The van der Waals surface area contributed by atoms with Gasteiger partial charge >= 0.3 is 0 Å². The largest absolute Gasteiger partial charge is 0.362 e. The van der Waals surface area contributed by atoms with E-state index in [9.17, 15) is 0 Å². The maximum atomic E-state index is 5.96. The zero-order valence-electron chi connectivity index (χ0n) is 11.2. The van der Waals surface area contributed by atoms with Crippen molar-refractivity contribution < 1.29 is 0 Å². The Kier molecular flexibility index (Phi) is 4.61. The molecular formula is C13H17ClN4S. The first-order valence-corrected chi connectivity index (χ1v) is 7.39. The molecule has 0 aliphatic heterocycles. The Morgan fingerprint density at radius 2 is 2.21 bits per heavy atom. The van der Waals surface area contributed by atoms with Gasteiger partial charge in [-0.25, -0.2) is 4.98 Å². The summed E-state index contributed by atoms with van der Waals surface area (Å²) in [6, 6.07) is 4.11. The van der Waals surface area contributed by atoms with Gasteiger partial charge in [0.2, 0.25) is 5.95 Å². The molecule has 1 unspecified atom stereocenters. The third-order valence-electron chi connectivity index (χ3n) is 2.68. The number of aryl methyl sites for hydroxylation is 1. The number of thiophene rings is 1. The van der Waals surface area contributed by atoms with Gasteiger partial charge in [0.1, 0.15) is 5.82 Å². The van der Waals surface area contributed by atoms with Crippen molar-refractivity contribution in [2.45, 2.75) is 26.8 Å². The van der Waals surface area contributed by atoms with Crippen molar-refractivity contribution in [3.8, 4) is 0 Å². The number of hydrogen-bond donors (Lipinski definition) is 2. The predicted octanol–water partition coefficient (Wildman–Crippen LogP) is 4.10. The lowest BCUT2D eigenvalue weighted by molar-refractivity contribution is 0.888. The first kappa shape index (κ1) is 14.1. The summed E-state index contributed by atoms with van der Waals surface area (Å²) in [5, 5.41) is 6.51. The number of anilines is 2. The molecule has 1 atom stereocenters. The number of nitrogens with one attached hydrogen (secondary N) is 2. The van der Waals surface area contributed by atoms with Gasteiger partial charge < -0.3 is 10.6 Å². The van der Waals surface area contributed by atoms with E-state index in [1.165, 1.54) is 4.88 Å². The van der Waals surface area contributed by atoms with Gasteiger partial charge in [-0.05, 0) is 32.9 Å². The maximum absolute atomic E-state index is 5.96. The topological polar surface area (TPSA) is 49.8 Å². The van der Waals surface area contributed by atoms with Crippen LogP contribution in [0.2, 0.25) is 4.34 Å². The summed E-state index contributed by atoms with van der Waals surface area (Å²) in [7, 11) is 0. The Labute approximate surface area is 122 Å². The summed E-state index contributed by atoms with van der Waals surface area (Å²) in [4.78, 5) is 9.89. The lowest BCUT2D eigenvalue weighted by atomic mass is 10.2. The highest BCUT2D eigenvalue weighted by Crippen LogP contribution is 2.29. The molecule has 0 saturated carbocycles. The number of rotatable bonds is 5. The zero-order chi connectivity index (χ0) is 13.8. The van der Waals surface area contributed by atoms with Crippen LogP contribution < -0.4 is 10.6 Å². The second-order valence-corrected chi connectivity index (χ2v) is 6.01. The lowest BCUT2D eigenvalue weighted by Gasteiger charge is -2.15. The molecular weight excluding hydrogens is 280 g/mol. The average Bonchev–Trinajstić information content (AvgIpc) is 2.80. The van der Waals surface area contributed by atoms with E-state index in [1.807, 2.05) is 32.2 Å². The third kappa shape index (κ3) is 3.58. The van der Waals surface area contributed by atoms with Gasteiger partial charge in [-0.15, -0.1) is 11.3 Å². The molecule has 19 heavy (non-hydrogen) atoms. The smallest absolute Gasteiger partial charge is 0.224 e. The van der Waals surface area contributed by atoms with Crippen LogP contribution in [0.25, 0.3) is 0 Å². The van der Waals surface area contributed by atoms with E-state index in [2.05, 4.69) is 27.5 Å². The van der Waals surface area contributed by atoms with Crippen LogP contribution in [0.15, 0.2) is 18.3 Å². The van der Waals surface area contributed by atoms with Crippen LogP contribution >= 0.6 is 22.9 Å². The maximum Gasteiger partial charge on any atom is 0.224 e. The van der Waals surface area contributed by atoms with Crippen molar-refractivity contribution in [3.63, 3.8) is 0 Å². The summed E-state index contributed by atoms with van der Waals surface area (Å²) in [6.07, 6.45) is 1.82. The lowest BCUT2D eigenvalue weighted by Crippen LogP contribution is -2.10. The molecule has 0 aliphatic carbocycles. The minimum Gasteiger partial charge on any atom is -0.362 e. The molecule has 2 rings (SSSR count). The molecule has 102 valence electrons. The third-order valence-corrected chi connectivity index (χ3v) is 4.09. The highest BCUT2D eigenvalue weighted by molar-refractivity contribution is 7.16. The average molecular weight is 297 g/mol. The van der Waals surface area contributed by atoms with Crippen LogP contribution in [0.5, 0.6) is 0 Å². The molecule has 0 fully saturated rings. The van der Waals surface area contributed by atoms with Crippen LogP contribution in [-0.2, 0) is 0 Å². The minimum atomic E-state index is 0.167. The van der Waals surface area contributed by atoms with Gasteiger partial charge in [0, 0.05) is 23.2 Å². The van der Waals surface area contributed by atoms with E-state index in [4.69, 9.17) is 11.6 Å². The van der Waals surface area contributed by atoms with E-state index in [0.717, 1.165) is 22.3 Å². The first-order valence-electron chi connectivity index (χ1n) is 6.19. The van der Waals surface area contributed by atoms with Crippen molar-refractivity contribution in [2.75, 3.05) is 17.2 Å². The van der Waals surface area contributed by atoms with Crippen molar-refractivity contribution in [3.05, 3.63) is 33.1 Å².